The second-order valence-corrected chi connectivity index (χ2v) is 7.11. The molecule has 0 aliphatic heterocycles. The summed E-state index contributed by atoms with van der Waals surface area (Å²) >= 11 is 7.16. The van der Waals surface area contributed by atoms with Gasteiger partial charge in [-0.2, -0.15) is 0 Å². The Kier molecular flexibility index (Phi) is 5.67. The highest BCUT2D eigenvalue weighted by atomic mass is 35.5. The van der Waals surface area contributed by atoms with Crippen LogP contribution in [0.2, 0.25) is 5.02 Å². The Balaban J connectivity index is 1.63. The Hall–Kier alpha value is -2.38. The monoisotopic (exact) mass is 373 g/mol. The van der Waals surface area contributed by atoms with Crippen molar-refractivity contribution in [3.8, 4) is 0 Å². The lowest BCUT2D eigenvalue weighted by molar-refractivity contribution is -0.115. The minimum Gasteiger partial charge on any atom is -0.325 e. The van der Waals surface area contributed by atoms with Crippen LogP contribution >= 0.6 is 23.4 Å². The van der Waals surface area contributed by atoms with E-state index >= 15 is 0 Å². The third kappa shape index (κ3) is 4.80. The highest BCUT2D eigenvalue weighted by Gasteiger charge is 2.18. The van der Waals surface area contributed by atoms with Gasteiger partial charge >= 0.3 is 0 Å². The van der Waals surface area contributed by atoms with Gasteiger partial charge in [0.05, 0.1) is 11.8 Å². The smallest absolute Gasteiger partial charge is 0.237 e. The van der Waals surface area contributed by atoms with E-state index in [9.17, 15) is 4.79 Å². The molecule has 2 aromatic carbocycles. The first-order valence-corrected chi connectivity index (χ1v) is 8.91. The van der Waals surface area contributed by atoms with Gasteiger partial charge in [-0.15, -0.1) is 5.10 Å². The topological polar surface area (TPSA) is 72.7 Å². The summed E-state index contributed by atoms with van der Waals surface area (Å²) in [4.78, 5) is 12.4. The molecule has 8 heteroatoms. The molecule has 25 heavy (non-hydrogen) atoms. The first-order valence-electron chi connectivity index (χ1n) is 7.65. The summed E-state index contributed by atoms with van der Waals surface area (Å²) in [5, 5.41) is 15.5. The Morgan fingerprint density at radius 3 is 2.64 bits per heavy atom. The molecule has 6 nitrogen and oxygen atoms in total. The quantitative estimate of drug-likeness (QED) is 0.669. The average Bonchev–Trinajstić information content (AvgIpc) is 3.04. The molecule has 0 bridgehead atoms. The summed E-state index contributed by atoms with van der Waals surface area (Å²) in [6, 6.07) is 16.9. The van der Waals surface area contributed by atoms with Gasteiger partial charge in [-0.1, -0.05) is 53.7 Å². The Bertz CT molecular complexity index is 838. The summed E-state index contributed by atoms with van der Waals surface area (Å²) in [6.45, 7) is 2.37. The third-order valence-electron chi connectivity index (χ3n) is 3.44. The fraction of sp³-hybridized carbons (Fsp3) is 0.176. The van der Waals surface area contributed by atoms with Crippen molar-refractivity contribution in [1.29, 1.82) is 0 Å². The summed E-state index contributed by atoms with van der Waals surface area (Å²) in [7, 11) is 0. The molecule has 0 radical (unpaired) electrons. The zero-order valence-corrected chi connectivity index (χ0v) is 15.0. The molecule has 0 fully saturated rings. The van der Waals surface area contributed by atoms with Crippen molar-refractivity contribution < 1.29 is 4.79 Å². The van der Waals surface area contributed by atoms with Crippen molar-refractivity contribution in [2.75, 3.05) is 5.32 Å². The number of benzene rings is 2. The van der Waals surface area contributed by atoms with Gasteiger partial charge in [-0.25, -0.2) is 4.68 Å². The van der Waals surface area contributed by atoms with Crippen molar-refractivity contribution in [2.45, 2.75) is 23.9 Å². The molecule has 3 aromatic rings. The number of tetrazole rings is 1. The summed E-state index contributed by atoms with van der Waals surface area (Å²) in [6.07, 6.45) is 0. The van der Waals surface area contributed by atoms with E-state index in [-0.39, 0.29) is 11.2 Å². The summed E-state index contributed by atoms with van der Waals surface area (Å²) in [5.74, 6) is -0.124. The molecule has 0 aliphatic carbocycles. The normalized spacial score (nSPS) is 11.9. The maximum absolute atomic E-state index is 12.4. The maximum atomic E-state index is 12.4. The highest BCUT2D eigenvalue weighted by molar-refractivity contribution is 8.00. The number of hydrogen-bond donors (Lipinski definition) is 1. The van der Waals surface area contributed by atoms with E-state index < -0.39 is 0 Å². The lowest BCUT2D eigenvalue weighted by Gasteiger charge is -2.12. The molecule has 0 spiro atoms. The fourth-order valence-electron chi connectivity index (χ4n) is 2.13. The summed E-state index contributed by atoms with van der Waals surface area (Å²) in [5.41, 5.74) is 1.79. The molecule has 1 unspecified atom stereocenters. The van der Waals surface area contributed by atoms with Crippen LogP contribution in [0.15, 0.2) is 59.8 Å². The number of hydrogen-bond acceptors (Lipinski definition) is 5. The van der Waals surface area contributed by atoms with E-state index in [2.05, 4.69) is 20.8 Å². The van der Waals surface area contributed by atoms with Crippen LogP contribution in [0.1, 0.15) is 12.5 Å². The molecule has 1 heterocycles. The number of carbonyl (C=O) groups is 1. The predicted molar refractivity (Wildman–Crippen MR) is 98.8 cm³/mol. The van der Waals surface area contributed by atoms with Crippen LogP contribution in [-0.2, 0) is 11.3 Å². The Labute approximate surface area is 154 Å². The van der Waals surface area contributed by atoms with Gasteiger partial charge in [0.2, 0.25) is 11.1 Å². The molecule has 0 saturated carbocycles. The van der Waals surface area contributed by atoms with Gasteiger partial charge in [0.25, 0.3) is 0 Å². The van der Waals surface area contributed by atoms with Crippen molar-refractivity contribution in [3.63, 3.8) is 0 Å². The number of rotatable bonds is 6. The van der Waals surface area contributed by atoms with E-state index in [1.165, 1.54) is 11.8 Å². The van der Waals surface area contributed by atoms with Gasteiger partial charge in [-0.3, -0.25) is 4.79 Å². The zero-order chi connectivity index (χ0) is 17.6. The minimum absolute atomic E-state index is 0.124. The van der Waals surface area contributed by atoms with Crippen molar-refractivity contribution in [1.82, 2.24) is 20.2 Å². The second-order valence-electron chi connectivity index (χ2n) is 5.36. The van der Waals surface area contributed by atoms with E-state index in [1.807, 2.05) is 37.3 Å². The standard InChI is InChI=1S/C17H16ClN5OS/c1-12(16(24)19-15-9-7-14(18)8-10-15)25-17-20-21-22-23(17)11-13-5-3-2-4-6-13/h2-10,12H,11H2,1H3,(H,19,24). The number of amides is 1. The number of halogens is 1. The average molecular weight is 374 g/mol. The molecular formula is C17H16ClN5OS. The first kappa shape index (κ1) is 17.4. The molecule has 0 aliphatic rings. The maximum Gasteiger partial charge on any atom is 0.237 e. The van der Waals surface area contributed by atoms with Crippen LogP contribution < -0.4 is 5.32 Å². The largest absolute Gasteiger partial charge is 0.325 e. The van der Waals surface area contributed by atoms with E-state index in [4.69, 9.17) is 11.6 Å². The first-order chi connectivity index (χ1) is 12.1. The van der Waals surface area contributed by atoms with Gasteiger partial charge < -0.3 is 5.32 Å². The molecule has 128 valence electrons. The van der Waals surface area contributed by atoms with Gasteiger partial charge in [0.15, 0.2) is 0 Å². The highest BCUT2D eigenvalue weighted by Crippen LogP contribution is 2.22. The number of anilines is 1. The number of nitrogens with one attached hydrogen (secondary N) is 1. The molecular weight excluding hydrogens is 358 g/mol. The lowest BCUT2D eigenvalue weighted by Crippen LogP contribution is -2.23. The molecule has 1 aromatic heterocycles. The van der Waals surface area contributed by atoms with Crippen LogP contribution in [0.5, 0.6) is 0 Å². The summed E-state index contributed by atoms with van der Waals surface area (Å²) < 4.78 is 1.69. The Morgan fingerprint density at radius 1 is 1.20 bits per heavy atom. The molecule has 1 amide bonds. The molecule has 0 saturated heterocycles. The van der Waals surface area contributed by atoms with Crippen LogP contribution in [0.4, 0.5) is 5.69 Å². The number of nitrogens with zero attached hydrogens (tertiary/aromatic N) is 4. The predicted octanol–water partition coefficient (Wildman–Crippen LogP) is 3.49. The van der Waals surface area contributed by atoms with E-state index in [1.54, 1.807) is 28.9 Å². The van der Waals surface area contributed by atoms with Gasteiger partial charge in [-0.05, 0) is 47.2 Å². The van der Waals surface area contributed by atoms with Crippen LogP contribution in [0, 0.1) is 0 Å². The van der Waals surface area contributed by atoms with Crippen LogP contribution in [0.25, 0.3) is 0 Å². The lowest BCUT2D eigenvalue weighted by atomic mass is 10.2. The minimum atomic E-state index is -0.351. The van der Waals surface area contributed by atoms with Crippen LogP contribution in [0.3, 0.4) is 0 Å². The van der Waals surface area contributed by atoms with E-state index in [0.29, 0.717) is 22.4 Å². The van der Waals surface area contributed by atoms with Gasteiger partial charge in [0, 0.05) is 10.7 Å². The van der Waals surface area contributed by atoms with Crippen LogP contribution in [-0.4, -0.2) is 31.4 Å². The third-order valence-corrected chi connectivity index (χ3v) is 4.76. The number of carbonyl (C=O) groups excluding carboxylic acids is 1. The molecule has 1 N–H and O–H groups in total. The fourth-order valence-corrected chi connectivity index (χ4v) is 3.04. The number of thioether (sulfide) groups is 1. The number of aromatic nitrogens is 4. The molecule has 3 rings (SSSR count). The SMILES string of the molecule is CC(Sc1nnnn1Cc1ccccc1)C(=O)Nc1ccc(Cl)cc1. The Morgan fingerprint density at radius 2 is 1.92 bits per heavy atom. The van der Waals surface area contributed by atoms with Crippen molar-refractivity contribution >= 4 is 35.0 Å². The second kappa shape index (κ2) is 8.13. The van der Waals surface area contributed by atoms with E-state index in [0.717, 1.165) is 5.56 Å². The van der Waals surface area contributed by atoms with Crippen molar-refractivity contribution in [2.24, 2.45) is 0 Å². The van der Waals surface area contributed by atoms with Gasteiger partial charge in [0.1, 0.15) is 0 Å². The molecule has 1 atom stereocenters. The van der Waals surface area contributed by atoms with Crippen molar-refractivity contribution in [3.05, 3.63) is 65.2 Å². The zero-order valence-electron chi connectivity index (χ0n) is 13.5.